The van der Waals surface area contributed by atoms with Crippen molar-refractivity contribution in [3.05, 3.63) is 0 Å². The van der Waals surface area contributed by atoms with E-state index < -0.39 is 14.4 Å². The van der Waals surface area contributed by atoms with Gasteiger partial charge in [0.1, 0.15) is 6.10 Å². The third-order valence-corrected chi connectivity index (χ3v) is 8.32. The second-order valence-electron chi connectivity index (χ2n) is 7.17. The average molecular weight is 285 g/mol. The standard InChI is InChI=1S/C16H32O2Si/c1-14(2)11-12-15(17)10-8-9-13-18-19(6,7)16(3,4)5/h14-15,17H,9,11-13H2,1-7H3. The molecule has 0 amide bonds. The van der Waals surface area contributed by atoms with Crippen LogP contribution in [0.4, 0.5) is 0 Å². The molecule has 0 aromatic heterocycles. The summed E-state index contributed by atoms with van der Waals surface area (Å²) in [7, 11) is -1.64. The highest BCUT2D eigenvalue weighted by molar-refractivity contribution is 6.74. The zero-order valence-electron chi connectivity index (χ0n) is 13.8. The Labute approximate surface area is 121 Å². The van der Waals surface area contributed by atoms with Gasteiger partial charge >= 0.3 is 0 Å². The first-order chi connectivity index (χ1) is 8.56. The van der Waals surface area contributed by atoms with E-state index in [-0.39, 0.29) is 5.04 Å². The molecule has 112 valence electrons. The van der Waals surface area contributed by atoms with E-state index in [1.54, 1.807) is 0 Å². The van der Waals surface area contributed by atoms with Crippen molar-refractivity contribution in [1.29, 1.82) is 0 Å². The normalized spacial score (nSPS) is 14.2. The van der Waals surface area contributed by atoms with Crippen LogP contribution in [0.1, 0.15) is 53.9 Å². The molecule has 2 nitrogen and oxygen atoms in total. The van der Waals surface area contributed by atoms with Gasteiger partial charge in [-0.2, -0.15) is 0 Å². The minimum absolute atomic E-state index is 0.247. The fraction of sp³-hybridized carbons (Fsp3) is 0.875. The Bertz CT molecular complexity index is 305. The average Bonchev–Trinajstić information content (AvgIpc) is 2.24. The molecule has 0 aliphatic rings. The van der Waals surface area contributed by atoms with Crippen molar-refractivity contribution >= 4 is 8.32 Å². The van der Waals surface area contributed by atoms with Crippen molar-refractivity contribution in [3.8, 4) is 11.8 Å². The number of aliphatic hydroxyl groups is 1. The van der Waals surface area contributed by atoms with Gasteiger partial charge in [-0.1, -0.05) is 46.5 Å². The molecular formula is C16H32O2Si. The highest BCUT2D eigenvalue weighted by Gasteiger charge is 2.36. The Morgan fingerprint density at radius 2 is 1.74 bits per heavy atom. The van der Waals surface area contributed by atoms with Crippen molar-refractivity contribution in [1.82, 2.24) is 0 Å². The van der Waals surface area contributed by atoms with Crippen molar-refractivity contribution < 1.29 is 9.53 Å². The molecule has 0 aromatic carbocycles. The van der Waals surface area contributed by atoms with Gasteiger partial charge in [-0.05, 0) is 36.9 Å². The molecule has 1 atom stereocenters. The van der Waals surface area contributed by atoms with Gasteiger partial charge in [0.15, 0.2) is 8.32 Å². The number of hydrogen-bond acceptors (Lipinski definition) is 2. The van der Waals surface area contributed by atoms with Gasteiger partial charge in [-0.15, -0.1) is 0 Å². The first-order valence-corrected chi connectivity index (χ1v) is 10.3. The van der Waals surface area contributed by atoms with Crippen LogP contribution in [0.15, 0.2) is 0 Å². The molecule has 3 heteroatoms. The van der Waals surface area contributed by atoms with Crippen molar-refractivity contribution in [2.45, 2.75) is 78.1 Å². The van der Waals surface area contributed by atoms with E-state index in [1.165, 1.54) is 0 Å². The lowest BCUT2D eigenvalue weighted by atomic mass is 10.1. The van der Waals surface area contributed by atoms with Crippen molar-refractivity contribution in [2.75, 3.05) is 6.61 Å². The van der Waals surface area contributed by atoms with Crippen LogP contribution >= 0.6 is 0 Å². The Morgan fingerprint density at radius 3 is 2.21 bits per heavy atom. The summed E-state index contributed by atoms with van der Waals surface area (Å²) < 4.78 is 6.03. The first kappa shape index (κ1) is 18.7. The predicted octanol–water partition coefficient (Wildman–Crippen LogP) is 4.20. The Hall–Kier alpha value is -0.303. The van der Waals surface area contributed by atoms with Crippen molar-refractivity contribution in [2.24, 2.45) is 5.92 Å². The Morgan fingerprint density at radius 1 is 1.16 bits per heavy atom. The fourth-order valence-electron chi connectivity index (χ4n) is 1.33. The van der Waals surface area contributed by atoms with Gasteiger partial charge in [-0.3, -0.25) is 0 Å². The lowest BCUT2D eigenvalue weighted by Crippen LogP contribution is -2.40. The number of rotatable bonds is 6. The van der Waals surface area contributed by atoms with Gasteiger partial charge in [0.2, 0.25) is 0 Å². The van der Waals surface area contributed by atoms with E-state index in [1.807, 2.05) is 0 Å². The van der Waals surface area contributed by atoms with E-state index in [9.17, 15) is 5.11 Å². The third kappa shape index (κ3) is 8.46. The summed E-state index contributed by atoms with van der Waals surface area (Å²) in [6, 6.07) is 0. The molecule has 1 unspecified atom stereocenters. The summed E-state index contributed by atoms with van der Waals surface area (Å²) in [6.45, 7) is 16.2. The smallest absolute Gasteiger partial charge is 0.192 e. The van der Waals surface area contributed by atoms with Gasteiger partial charge in [0.25, 0.3) is 0 Å². The van der Waals surface area contributed by atoms with Crippen LogP contribution in [0.5, 0.6) is 0 Å². The molecule has 0 spiro atoms. The molecule has 0 rings (SSSR count). The van der Waals surface area contributed by atoms with Crippen LogP contribution in [0, 0.1) is 17.8 Å². The molecule has 0 aromatic rings. The first-order valence-electron chi connectivity index (χ1n) is 7.36. The molecule has 0 aliphatic heterocycles. The number of hydrogen-bond donors (Lipinski definition) is 1. The molecule has 0 saturated heterocycles. The van der Waals surface area contributed by atoms with E-state index in [0.717, 1.165) is 12.8 Å². The molecule has 1 N–H and O–H groups in total. The predicted molar refractivity (Wildman–Crippen MR) is 85.6 cm³/mol. The summed E-state index contributed by atoms with van der Waals surface area (Å²) in [4.78, 5) is 0. The largest absolute Gasteiger partial charge is 0.416 e. The van der Waals surface area contributed by atoms with Gasteiger partial charge in [-0.25, -0.2) is 0 Å². The van der Waals surface area contributed by atoms with Crippen LogP contribution in [0.25, 0.3) is 0 Å². The minimum atomic E-state index is -1.64. The molecule has 0 bridgehead atoms. The Balaban J connectivity index is 3.93. The minimum Gasteiger partial charge on any atom is -0.416 e. The maximum Gasteiger partial charge on any atom is 0.192 e. The van der Waals surface area contributed by atoms with Crippen LogP contribution in [0.2, 0.25) is 18.1 Å². The molecule has 0 radical (unpaired) electrons. The monoisotopic (exact) mass is 284 g/mol. The number of aliphatic hydroxyl groups excluding tert-OH is 1. The van der Waals surface area contributed by atoms with Gasteiger partial charge in [0, 0.05) is 13.0 Å². The van der Waals surface area contributed by atoms with Gasteiger partial charge < -0.3 is 9.53 Å². The summed E-state index contributed by atoms with van der Waals surface area (Å²) in [5, 5.41) is 9.93. The molecule has 0 fully saturated rings. The molecular weight excluding hydrogens is 252 g/mol. The van der Waals surface area contributed by atoms with Crippen LogP contribution < -0.4 is 0 Å². The lowest BCUT2D eigenvalue weighted by molar-refractivity contribution is 0.212. The summed E-state index contributed by atoms with van der Waals surface area (Å²) >= 11 is 0. The molecule has 0 aliphatic carbocycles. The molecule has 0 saturated carbocycles. The quantitative estimate of drug-likeness (QED) is 0.450. The Kier molecular flexibility index (Phi) is 7.96. The summed E-state index contributed by atoms with van der Waals surface area (Å²) in [6.07, 6.45) is 2.03. The van der Waals surface area contributed by atoms with E-state index in [4.69, 9.17) is 4.43 Å². The summed E-state index contributed by atoms with van der Waals surface area (Å²) in [5.74, 6) is 6.56. The topological polar surface area (TPSA) is 29.5 Å². The highest BCUT2D eigenvalue weighted by atomic mass is 28.4. The van der Waals surface area contributed by atoms with Crippen LogP contribution in [-0.2, 0) is 4.43 Å². The SMILES string of the molecule is CC(C)CCC(O)C#CCCO[Si](C)(C)C(C)(C)C. The summed E-state index contributed by atoms with van der Waals surface area (Å²) in [5.41, 5.74) is 0. The molecule has 19 heavy (non-hydrogen) atoms. The fourth-order valence-corrected chi connectivity index (χ4v) is 2.37. The maximum atomic E-state index is 9.68. The molecule has 0 heterocycles. The van der Waals surface area contributed by atoms with E-state index in [2.05, 4.69) is 59.6 Å². The van der Waals surface area contributed by atoms with Crippen LogP contribution in [0.3, 0.4) is 0 Å². The van der Waals surface area contributed by atoms with Crippen LogP contribution in [-0.4, -0.2) is 26.1 Å². The van der Waals surface area contributed by atoms with E-state index in [0.29, 0.717) is 18.9 Å². The highest BCUT2D eigenvalue weighted by Crippen LogP contribution is 2.36. The second kappa shape index (κ2) is 8.09. The zero-order chi connectivity index (χ0) is 15.1. The third-order valence-electron chi connectivity index (χ3n) is 3.78. The zero-order valence-corrected chi connectivity index (χ0v) is 14.8. The lowest BCUT2D eigenvalue weighted by Gasteiger charge is -2.35. The van der Waals surface area contributed by atoms with E-state index >= 15 is 0 Å². The van der Waals surface area contributed by atoms with Gasteiger partial charge in [0.05, 0.1) is 0 Å². The van der Waals surface area contributed by atoms with Crippen molar-refractivity contribution in [3.63, 3.8) is 0 Å². The maximum absolute atomic E-state index is 9.68. The second-order valence-corrected chi connectivity index (χ2v) is 12.0.